The van der Waals surface area contributed by atoms with Gasteiger partial charge in [-0.15, -0.1) is 0 Å². The fraction of sp³-hybridized carbons (Fsp3) is 0.500. The van der Waals surface area contributed by atoms with E-state index in [9.17, 15) is 0 Å². The molecular formula is C6H14N4S. The third-order valence-corrected chi connectivity index (χ3v) is 1.80. The molecule has 0 aliphatic rings. The molecule has 64 valence electrons. The van der Waals surface area contributed by atoms with E-state index in [1.54, 1.807) is 11.9 Å². The van der Waals surface area contributed by atoms with Crippen LogP contribution in [-0.4, -0.2) is 29.8 Å². The molecule has 0 aliphatic heterocycles. The first-order valence-electron chi connectivity index (χ1n) is 3.18. The summed E-state index contributed by atoms with van der Waals surface area (Å²) < 4.78 is 0. The Bertz CT molecular complexity index is 157. The molecule has 1 unspecified atom stereocenters. The van der Waals surface area contributed by atoms with Crippen molar-refractivity contribution in [3.63, 3.8) is 0 Å². The molecule has 0 aromatic heterocycles. The number of nitrogens with two attached hydrogens (primary N) is 2. The Morgan fingerprint density at radius 2 is 2.45 bits per heavy atom. The molecule has 0 amide bonds. The summed E-state index contributed by atoms with van der Waals surface area (Å²) in [5, 5.41) is -0.0984. The first-order chi connectivity index (χ1) is 5.13. The van der Waals surface area contributed by atoms with E-state index in [2.05, 4.69) is 24.2 Å². The summed E-state index contributed by atoms with van der Waals surface area (Å²) in [4.78, 5) is 5.44. The number of hydrogen-bond acceptors (Lipinski definition) is 3. The van der Waals surface area contributed by atoms with E-state index in [0.717, 1.165) is 0 Å². The fourth-order valence-corrected chi connectivity index (χ4v) is 0.614. The molecule has 0 aliphatic carbocycles. The van der Waals surface area contributed by atoms with E-state index in [4.69, 9.17) is 11.5 Å². The molecule has 11 heavy (non-hydrogen) atoms. The van der Waals surface area contributed by atoms with Gasteiger partial charge >= 0.3 is 0 Å². The van der Waals surface area contributed by atoms with Gasteiger partial charge in [0, 0.05) is 19.8 Å². The first-order valence-corrected chi connectivity index (χ1v) is 3.70. The maximum absolute atomic E-state index is 5.50. The van der Waals surface area contributed by atoms with Crippen LogP contribution in [0.5, 0.6) is 0 Å². The number of aliphatic imine (C=N–C) groups is 1. The summed E-state index contributed by atoms with van der Waals surface area (Å²) in [7, 11) is 1.77. The molecule has 0 aromatic carbocycles. The van der Waals surface area contributed by atoms with Crippen molar-refractivity contribution in [3.05, 3.63) is 12.8 Å². The van der Waals surface area contributed by atoms with Crippen LogP contribution in [0.3, 0.4) is 0 Å². The third-order valence-electron chi connectivity index (χ3n) is 1.24. The maximum Gasteiger partial charge on any atom is 0.196 e. The third kappa shape index (κ3) is 3.29. The monoisotopic (exact) mass is 174 g/mol. The standard InChI is InChI=1S/C6H14N4S/c1-3-9-6(8)10(2)5(11)4-7/h3,5,11H,1,4,7H2,2H3,(H2,8,9). The highest BCUT2D eigenvalue weighted by Gasteiger charge is 2.08. The lowest BCUT2D eigenvalue weighted by Gasteiger charge is -2.22. The minimum atomic E-state index is -0.0984. The van der Waals surface area contributed by atoms with Crippen LogP contribution in [0.1, 0.15) is 0 Å². The van der Waals surface area contributed by atoms with Crippen LogP contribution in [0, 0.1) is 0 Å². The minimum Gasteiger partial charge on any atom is -0.369 e. The van der Waals surface area contributed by atoms with Crippen LogP contribution in [0.15, 0.2) is 17.8 Å². The zero-order valence-electron chi connectivity index (χ0n) is 6.57. The Labute approximate surface area is 72.4 Å². The highest BCUT2D eigenvalue weighted by atomic mass is 32.1. The maximum atomic E-state index is 5.50. The van der Waals surface area contributed by atoms with Crippen molar-refractivity contribution in [2.24, 2.45) is 16.5 Å². The molecule has 4 N–H and O–H groups in total. The molecule has 0 radical (unpaired) electrons. The number of rotatable bonds is 3. The van der Waals surface area contributed by atoms with Gasteiger partial charge in [-0.05, 0) is 0 Å². The highest BCUT2D eigenvalue weighted by Crippen LogP contribution is 1.97. The van der Waals surface area contributed by atoms with Gasteiger partial charge in [0.1, 0.15) is 0 Å². The SMILES string of the molecule is C=CN=C(N)N(C)C(S)CN. The Morgan fingerprint density at radius 3 is 2.82 bits per heavy atom. The predicted octanol–water partition coefficient (Wildman–Crippen LogP) is -0.409. The van der Waals surface area contributed by atoms with E-state index < -0.39 is 0 Å². The molecular weight excluding hydrogens is 160 g/mol. The first kappa shape index (κ1) is 10.3. The molecule has 0 saturated heterocycles. The summed E-state index contributed by atoms with van der Waals surface area (Å²) >= 11 is 4.16. The highest BCUT2D eigenvalue weighted by molar-refractivity contribution is 7.80. The lowest BCUT2D eigenvalue weighted by Crippen LogP contribution is -2.42. The van der Waals surface area contributed by atoms with Gasteiger partial charge < -0.3 is 16.4 Å². The van der Waals surface area contributed by atoms with Crippen LogP contribution in [0.2, 0.25) is 0 Å². The van der Waals surface area contributed by atoms with Crippen molar-refractivity contribution in [2.75, 3.05) is 13.6 Å². The van der Waals surface area contributed by atoms with E-state index in [0.29, 0.717) is 12.5 Å². The lowest BCUT2D eigenvalue weighted by atomic mass is 10.5. The second kappa shape index (κ2) is 5.03. The summed E-state index contributed by atoms with van der Waals surface area (Å²) in [5.41, 5.74) is 10.9. The number of thiol groups is 1. The van der Waals surface area contributed by atoms with E-state index in [1.807, 2.05) is 0 Å². The second-order valence-electron chi connectivity index (χ2n) is 2.00. The van der Waals surface area contributed by atoms with Gasteiger partial charge in [-0.1, -0.05) is 6.58 Å². The van der Waals surface area contributed by atoms with Crippen molar-refractivity contribution >= 4 is 18.6 Å². The van der Waals surface area contributed by atoms with E-state index in [1.165, 1.54) is 6.20 Å². The van der Waals surface area contributed by atoms with Gasteiger partial charge in [0.2, 0.25) is 0 Å². The molecule has 0 bridgehead atoms. The number of likely N-dealkylation sites (N-methyl/N-ethyl adjacent to an activating group) is 1. The van der Waals surface area contributed by atoms with Crippen molar-refractivity contribution in [1.82, 2.24) is 4.90 Å². The van der Waals surface area contributed by atoms with Crippen LogP contribution < -0.4 is 11.5 Å². The van der Waals surface area contributed by atoms with E-state index in [-0.39, 0.29) is 5.37 Å². The number of hydrogen-bond donors (Lipinski definition) is 3. The Kier molecular flexibility index (Phi) is 4.72. The average Bonchev–Trinajstić information content (AvgIpc) is 2.02. The van der Waals surface area contributed by atoms with Crippen LogP contribution in [0.4, 0.5) is 0 Å². The predicted molar refractivity (Wildman–Crippen MR) is 51.4 cm³/mol. The van der Waals surface area contributed by atoms with Gasteiger partial charge in [-0.3, -0.25) is 0 Å². The molecule has 0 heterocycles. The Balaban J connectivity index is 4.11. The number of guanidine groups is 1. The number of nitrogens with zero attached hydrogens (tertiary/aromatic N) is 2. The molecule has 0 saturated carbocycles. The Hall–Kier alpha value is -0.680. The molecule has 0 rings (SSSR count). The van der Waals surface area contributed by atoms with Crippen LogP contribution >= 0.6 is 12.6 Å². The topological polar surface area (TPSA) is 67.6 Å². The Morgan fingerprint density at radius 1 is 1.91 bits per heavy atom. The lowest BCUT2D eigenvalue weighted by molar-refractivity contribution is 0.476. The minimum absolute atomic E-state index is 0.0984. The molecule has 0 spiro atoms. The summed E-state index contributed by atoms with van der Waals surface area (Å²) in [6.45, 7) is 3.84. The summed E-state index contributed by atoms with van der Waals surface area (Å²) in [6.07, 6.45) is 1.38. The van der Waals surface area contributed by atoms with Crippen LogP contribution in [0.25, 0.3) is 0 Å². The second-order valence-corrected chi connectivity index (χ2v) is 2.59. The zero-order valence-corrected chi connectivity index (χ0v) is 7.46. The van der Waals surface area contributed by atoms with Crippen molar-refractivity contribution in [3.8, 4) is 0 Å². The van der Waals surface area contributed by atoms with Crippen molar-refractivity contribution in [1.29, 1.82) is 0 Å². The van der Waals surface area contributed by atoms with Gasteiger partial charge in [0.15, 0.2) is 5.96 Å². The molecule has 0 fully saturated rings. The molecule has 0 aromatic rings. The average molecular weight is 174 g/mol. The molecule has 5 heteroatoms. The quantitative estimate of drug-likeness (QED) is 0.236. The summed E-state index contributed by atoms with van der Waals surface area (Å²) in [6, 6.07) is 0. The fourth-order valence-electron chi connectivity index (χ4n) is 0.495. The molecule has 4 nitrogen and oxygen atoms in total. The normalized spacial score (nSPS) is 14.3. The van der Waals surface area contributed by atoms with Crippen molar-refractivity contribution < 1.29 is 0 Å². The summed E-state index contributed by atoms with van der Waals surface area (Å²) in [5.74, 6) is 0.366. The van der Waals surface area contributed by atoms with Gasteiger partial charge in [0.25, 0.3) is 0 Å². The van der Waals surface area contributed by atoms with Gasteiger partial charge in [0.05, 0.1) is 5.37 Å². The van der Waals surface area contributed by atoms with Crippen molar-refractivity contribution in [2.45, 2.75) is 5.37 Å². The van der Waals surface area contributed by atoms with Gasteiger partial charge in [-0.25, -0.2) is 4.99 Å². The largest absolute Gasteiger partial charge is 0.369 e. The van der Waals surface area contributed by atoms with E-state index >= 15 is 0 Å². The zero-order chi connectivity index (χ0) is 8.85. The molecule has 1 atom stereocenters. The van der Waals surface area contributed by atoms with Gasteiger partial charge in [-0.2, -0.15) is 12.6 Å². The smallest absolute Gasteiger partial charge is 0.196 e. The van der Waals surface area contributed by atoms with Crippen LogP contribution in [-0.2, 0) is 0 Å².